The molecule has 0 spiro atoms. The van der Waals surface area contributed by atoms with Gasteiger partial charge in [-0.3, -0.25) is 0 Å². The van der Waals surface area contributed by atoms with Gasteiger partial charge in [0, 0.05) is 25.5 Å². The molecule has 0 aliphatic heterocycles. The Hall–Kier alpha value is -0.570. The first kappa shape index (κ1) is 7.54. The third-order valence-corrected chi connectivity index (χ3v) is 2.07. The maximum Gasteiger partial charge on any atom is 0.179 e. The molecule has 56 valence electrons. The molecule has 0 fully saturated rings. The molecule has 1 rings (SSSR count). The van der Waals surface area contributed by atoms with Gasteiger partial charge in [0.25, 0.3) is 0 Å². The molecule has 0 amide bonds. The highest BCUT2D eigenvalue weighted by molar-refractivity contribution is 7.71. The molecule has 0 aromatic carbocycles. The van der Waals surface area contributed by atoms with Gasteiger partial charge in [-0.1, -0.05) is 0 Å². The van der Waals surface area contributed by atoms with Crippen molar-refractivity contribution < 1.29 is 0 Å². The molecule has 0 unspecified atom stereocenters. The number of nitrogens with zero attached hydrogens (tertiary/aromatic N) is 2. The summed E-state index contributed by atoms with van der Waals surface area (Å²) >= 11 is 5.15. The molecule has 1 aromatic heterocycles. The minimum Gasteiger partial charge on any atom is -0.324 e. The van der Waals surface area contributed by atoms with Crippen molar-refractivity contribution >= 4 is 12.2 Å². The molecule has 1 heterocycles. The van der Waals surface area contributed by atoms with E-state index in [9.17, 15) is 0 Å². The number of hydrogen-bond acceptors (Lipinski definition) is 1. The summed E-state index contributed by atoms with van der Waals surface area (Å²) in [7, 11) is 0. The Balaban J connectivity index is 3.09. The van der Waals surface area contributed by atoms with Gasteiger partial charge in [0.15, 0.2) is 4.77 Å². The third-order valence-electron chi connectivity index (χ3n) is 1.60. The van der Waals surface area contributed by atoms with E-state index in [1.165, 1.54) is 0 Å². The molecule has 1 aromatic rings. The molecule has 0 radical (unpaired) electrons. The van der Waals surface area contributed by atoms with E-state index in [1.54, 1.807) is 0 Å². The van der Waals surface area contributed by atoms with E-state index in [4.69, 9.17) is 12.2 Å². The van der Waals surface area contributed by atoms with Crippen molar-refractivity contribution in [1.29, 1.82) is 0 Å². The van der Waals surface area contributed by atoms with E-state index >= 15 is 0 Å². The first-order valence-corrected chi connectivity index (χ1v) is 3.96. The van der Waals surface area contributed by atoms with Crippen molar-refractivity contribution in [2.24, 2.45) is 0 Å². The van der Waals surface area contributed by atoms with Gasteiger partial charge in [0.05, 0.1) is 0 Å². The summed E-state index contributed by atoms with van der Waals surface area (Å²) in [4.78, 5) is 0. The second-order valence-corrected chi connectivity index (χ2v) is 2.52. The average Bonchev–Trinajstić information content (AvgIpc) is 2.30. The summed E-state index contributed by atoms with van der Waals surface area (Å²) in [5, 5.41) is 0. The first-order valence-electron chi connectivity index (χ1n) is 3.55. The largest absolute Gasteiger partial charge is 0.324 e. The maximum absolute atomic E-state index is 5.15. The molecule has 0 atom stereocenters. The van der Waals surface area contributed by atoms with Gasteiger partial charge in [-0.05, 0) is 26.1 Å². The molecule has 3 heteroatoms. The Morgan fingerprint density at radius 3 is 1.80 bits per heavy atom. The van der Waals surface area contributed by atoms with Gasteiger partial charge in [-0.2, -0.15) is 0 Å². The molecular weight excluding hydrogens is 144 g/mol. The maximum atomic E-state index is 5.15. The van der Waals surface area contributed by atoms with Crippen LogP contribution in [-0.4, -0.2) is 9.13 Å². The lowest BCUT2D eigenvalue weighted by atomic mass is 10.7. The van der Waals surface area contributed by atoms with Crippen LogP contribution in [0.25, 0.3) is 0 Å². The summed E-state index contributed by atoms with van der Waals surface area (Å²) in [5.74, 6) is 0. The smallest absolute Gasteiger partial charge is 0.179 e. The predicted molar refractivity (Wildman–Crippen MR) is 44.6 cm³/mol. The van der Waals surface area contributed by atoms with Gasteiger partial charge >= 0.3 is 0 Å². The number of rotatable bonds is 2. The van der Waals surface area contributed by atoms with Gasteiger partial charge in [-0.25, -0.2) is 0 Å². The molecule has 0 aliphatic carbocycles. The predicted octanol–water partition coefficient (Wildman–Crippen LogP) is 2.06. The van der Waals surface area contributed by atoms with Crippen LogP contribution in [-0.2, 0) is 13.1 Å². The number of aromatic nitrogens is 2. The zero-order valence-corrected chi connectivity index (χ0v) is 7.19. The van der Waals surface area contributed by atoms with Crippen molar-refractivity contribution in [3.05, 3.63) is 17.2 Å². The average molecular weight is 156 g/mol. The normalized spacial score (nSPS) is 10.2. The van der Waals surface area contributed by atoms with Crippen LogP contribution in [0.4, 0.5) is 0 Å². The van der Waals surface area contributed by atoms with Gasteiger partial charge in [0.1, 0.15) is 0 Å². The first-order chi connectivity index (χ1) is 4.79. The van der Waals surface area contributed by atoms with Crippen molar-refractivity contribution in [3.63, 3.8) is 0 Å². The summed E-state index contributed by atoms with van der Waals surface area (Å²) in [6.45, 7) is 6.11. The van der Waals surface area contributed by atoms with Crippen LogP contribution >= 0.6 is 12.2 Å². The molecule has 0 saturated heterocycles. The van der Waals surface area contributed by atoms with Crippen molar-refractivity contribution in [1.82, 2.24) is 9.13 Å². The third kappa shape index (κ3) is 1.14. The van der Waals surface area contributed by atoms with Gasteiger partial charge in [0.2, 0.25) is 0 Å². The zero-order valence-electron chi connectivity index (χ0n) is 6.37. The van der Waals surface area contributed by atoms with E-state index in [0.29, 0.717) is 0 Å². The monoisotopic (exact) mass is 156 g/mol. The topological polar surface area (TPSA) is 9.86 Å². The van der Waals surface area contributed by atoms with E-state index in [1.807, 2.05) is 12.4 Å². The van der Waals surface area contributed by atoms with E-state index in [0.717, 1.165) is 17.9 Å². The highest BCUT2D eigenvalue weighted by atomic mass is 32.1. The van der Waals surface area contributed by atoms with Crippen molar-refractivity contribution in [3.8, 4) is 0 Å². The Morgan fingerprint density at radius 2 is 1.60 bits per heavy atom. The SMILES string of the molecule is CCn1ccn(CC)c1=S. The molecule has 0 aliphatic rings. The van der Waals surface area contributed by atoms with Crippen LogP contribution in [0.2, 0.25) is 0 Å². The van der Waals surface area contributed by atoms with Gasteiger partial charge in [-0.15, -0.1) is 0 Å². The fourth-order valence-corrected chi connectivity index (χ4v) is 1.31. The number of hydrogen-bond donors (Lipinski definition) is 0. The summed E-state index contributed by atoms with van der Waals surface area (Å²) in [6.07, 6.45) is 4.04. The molecule has 0 N–H and O–H groups in total. The second kappa shape index (κ2) is 3.01. The second-order valence-electron chi connectivity index (χ2n) is 2.15. The lowest BCUT2D eigenvalue weighted by Gasteiger charge is -1.96. The van der Waals surface area contributed by atoms with Crippen LogP contribution in [0.5, 0.6) is 0 Å². The van der Waals surface area contributed by atoms with Crippen LogP contribution in [0.3, 0.4) is 0 Å². The number of imidazole rings is 1. The van der Waals surface area contributed by atoms with E-state index in [2.05, 4.69) is 23.0 Å². The zero-order chi connectivity index (χ0) is 7.56. The van der Waals surface area contributed by atoms with Crippen LogP contribution in [0.15, 0.2) is 12.4 Å². The lowest BCUT2D eigenvalue weighted by Crippen LogP contribution is -1.96. The van der Waals surface area contributed by atoms with E-state index < -0.39 is 0 Å². The lowest BCUT2D eigenvalue weighted by molar-refractivity contribution is 0.682. The van der Waals surface area contributed by atoms with Gasteiger partial charge < -0.3 is 9.13 Å². The molecule has 2 nitrogen and oxygen atoms in total. The minimum atomic E-state index is 0.921. The Kier molecular flexibility index (Phi) is 2.27. The van der Waals surface area contributed by atoms with Crippen LogP contribution in [0, 0.1) is 4.77 Å². The van der Waals surface area contributed by atoms with Crippen LogP contribution < -0.4 is 0 Å². The molecule has 0 saturated carbocycles. The summed E-state index contributed by atoms with van der Waals surface area (Å²) < 4.78 is 5.03. The standard InChI is InChI=1S/C7H12N2S/c1-3-8-5-6-9(4-2)7(8)10/h5-6H,3-4H2,1-2H3. The summed E-state index contributed by atoms with van der Waals surface area (Å²) in [5.41, 5.74) is 0. The Labute approximate surface area is 66.1 Å². The molecule has 0 bridgehead atoms. The van der Waals surface area contributed by atoms with E-state index in [-0.39, 0.29) is 0 Å². The fourth-order valence-electron chi connectivity index (χ4n) is 0.935. The van der Waals surface area contributed by atoms with Crippen LogP contribution in [0.1, 0.15) is 13.8 Å². The summed E-state index contributed by atoms with van der Waals surface area (Å²) in [6, 6.07) is 0. The Bertz CT molecular complexity index is 234. The minimum absolute atomic E-state index is 0.921. The van der Waals surface area contributed by atoms with Crippen molar-refractivity contribution in [2.45, 2.75) is 26.9 Å². The Morgan fingerprint density at radius 1 is 1.20 bits per heavy atom. The highest BCUT2D eigenvalue weighted by Gasteiger charge is 1.92. The molecular formula is C7H12N2S. The number of aryl methyl sites for hydroxylation is 2. The molecule has 10 heavy (non-hydrogen) atoms. The fraction of sp³-hybridized carbons (Fsp3) is 0.571. The quantitative estimate of drug-likeness (QED) is 0.596. The van der Waals surface area contributed by atoms with Crippen molar-refractivity contribution in [2.75, 3.05) is 0 Å². The highest BCUT2D eigenvalue weighted by Crippen LogP contribution is 1.96.